The second kappa shape index (κ2) is 6.71. The van der Waals surface area contributed by atoms with Crippen LogP contribution in [0.15, 0.2) is 0 Å². The Morgan fingerprint density at radius 2 is 1.78 bits per heavy atom. The molecule has 0 bridgehead atoms. The van der Waals surface area contributed by atoms with Crippen molar-refractivity contribution in [1.82, 2.24) is 0 Å². The Labute approximate surface area is 78.9 Å². The summed E-state index contributed by atoms with van der Waals surface area (Å²) >= 11 is 7.61. The van der Waals surface area contributed by atoms with E-state index in [4.69, 9.17) is 0 Å². The minimum atomic E-state index is -0.382. The molecular formula is C4H5MoO2S2-. The van der Waals surface area contributed by atoms with Crippen LogP contribution in [-0.2, 0) is 43.3 Å². The second-order valence-electron chi connectivity index (χ2n) is 1.27. The summed E-state index contributed by atoms with van der Waals surface area (Å²) in [4.78, 5) is 20.0. The van der Waals surface area contributed by atoms with Gasteiger partial charge in [0.05, 0.1) is 0 Å². The summed E-state index contributed by atoms with van der Waals surface area (Å²) in [6.07, 6.45) is 0.295. The second-order valence-corrected chi connectivity index (χ2v) is 2.22. The third kappa shape index (κ3) is 11.9. The Morgan fingerprint density at radius 3 is 1.89 bits per heavy atom. The normalized spacial score (nSPS) is 7.67. The van der Waals surface area contributed by atoms with Crippen molar-refractivity contribution in [3.8, 4) is 0 Å². The molecule has 0 N–H and O–H groups in total. The predicted octanol–water partition coefficient (Wildman–Crippen LogP) is 0.294. The smallest absolute Gasteiger partial charge is 0.186 e. The van der Waals surface area contributed by atoms with Crippen molar-refractivity contribution < 1.29 is 30.7 Å². The molecule has 9 heavy (non-hydrogen) atoms. The van der Waals surface area contributed by atoms with Gasteiger partial charge in [-0.15, -0.1) is 12.6 Å². The Balaban J connectivity index is 0. The molecule has 0 rings (SSSR count). The van der Waals surface area contributed by atoms with Crippen LogP contribution in [0.25, 0.3) is 0 Å². The van der Waals surface area contributed by atoms with Gasteiger partial charge in [-0.3, -0.25) is 4.79 Å². The van der Waals surface area contributed by atoms with E-state index in [1.807, 2.05) is 0 Å². The molecule has 0 aromatic carbocycles. The van der Waals surface area contributed by atoms with Gasteiger partial charge >= 0.3 is 0 Å². The van der Waals surface area contributed by atoms with Gasteiger partial charge in [0, 0.05) is 32.6 Å². The molecule has 0 aromatic heterocycles. The number of hydrogen-bond acceptors (Lipinski definition) is 3. The van der Waals surface area contributed by atoms with E-state index >= 15 is 0 Å². The number of thiol groups is 1. The molecule has 5 heteroatoms. The minimum absolute atomic E-state index is 0. The number of carbonyl (C=O) groups is 2. The average molecular weight is 245 g/mol. The number of hydrogen-bond donors (Lipinski definition) is 1. The fourth-order valence-corrected chi connectivity index (χ4v) is 0.423. The largest absolute Gasteiger partial charge is 0.742 e. The first kappa shape index (κ1) is 12.3. The van der Waals surface area contributed by atoms with Crippen LogP contribution in [-0.4, -0.2) is 10.2 Å². The summed E-state index contributed by atoms with van der Waals surface area (Å²) in [7, 11) is 0. The molecule has 2 nitrogen and oxygen atoms in total. The SMILES string of the molecule is O=C([S-])CCC(=O)S.[Mo]. The van der Waals surface area contributed by atoms with Crippen LogP contribution in [0.4, 0.5) is 0 Å². The average Bonchev–Trinajstić information content (AvgIpc) is 1.61. The van der Waals surface area contributed by atoms with Crippen LogP contribution in [0.5, 0.6) is 0 Å². The van der Waals surface area contributed by atoms with Crippen molar-refractivity contribution in [2.75, 3.05) is 0 Å². The van der Waals surface area contributed by atoms with Gasteiger partial charge in [0.1, 0.15) is 0 Å². The summed E-state index contributed by atoms with van der Waals surface area (Å²) in [5.74, 6) is 0. The van der Waals surface area contributed by atoms with Crippen molar-refractivity contribution in [3.63, 3.8) is 0 Å². The Morgan fingerprint density at radius 1 is 1.33 bits per heavy atom. The van der Waals surface area contributed by atoms with Gasteiger partial charge in [0.15, 0.2) is 5.12 Å². The van der Waals surface area contributed by atoms with Crippen LogP contribution < -0.4 is 0 Å². The number of carbonyl (C=O) groups excluding carboxylic acids is 2. The summed E-state index contributed by atoms with van der Waals surface area (Å²) in [5, 5.41) is -0.671. The van der Waals surface area contributed by atoms with Crippen molar-refractivity contribution in [3.05, 3.63) is 0 Å². The van der Waals surface area contributed by atoms with Crippen LogP contribution >= 0.6 is 12.6 Å². The molecule has 0 unspecified atom stereocenters. The van der Waals surface area contributed by atoms with Crippen molar-refractivity contribution in [2.45, 2.75) is 12.8 Å². The molecular weight excluding hydrogens is 240 g/mol. The third-order valence-corrected chi connectivity index (χ3v) is 0.971. The Bertz CT molecular complexity index is 101. The van der Waals surface area contributed by atoms with E-state index in [0.29, 0.717) is 0 Å². The van der Waals surface area contributed by atoms with Crippen molar-refractivity contribution in [1.29, 1.82) is 0 Å². The zero-order chi connectivity index (χ0) is 6.57. The predicted molar refractivity (Wildman–Crippen MR) is 35.6 cm³/mol. The molecule has 0 radical (unpaired) electrons. The van der Waals surface area contributed by atoms with Gasteiger partial charge in [-0.05, 0) is 6.42 Å². The van der Waals surface area contributed by atoms with Gasteiger partial charge < -0.3 is 17.4 Å². The maximum Gasteiger partial charge on any atom is 0.186 e. The van der Waals surface area contributed by atoms with Gasteiger partial charge in [-0.2, -0.15) is 0 Å². The fraction of sp³-hybridized carbons (Fsp3) is 0.500. The van der Waals surface area contributed by atoms with Crippen LogP contribution in [0, 0.1) is 0 Å². The first-order chi connectivity index (χ1) is 3.63. The van der Waals surface area contributed by atoms with E-state index in [2.05, 4.69) is 25.3 Å². The first-order valence-electron chi connectivity index (χ1n) is 2.04. The van der Waals surface area contributed by atoms with E-state index in [1.54, 1.807) is 0 Å². The molecule has 0 amide bonds. The zero-order valence-electron chi connectivity index (χ0n) is 4.49. The van der Waals surface area contributed by atoms with Gasteiger partial charge in [0.2, 0.25) is 0 Å². The Hall–Kier alpha value is 0.598. The van der Waals surface area contributed by atoms with Crippen LogP contribution in [0.1, 0.15) is 12.8 Å². The Kier molecular flexibility index (Phi) is 9.17. The van der Waals surface area contributed by atoms with Gasteiger partial charge in [-0.25, -0.2) is 0 Å². The minimum Gasteiger partial charge on any atom is -0.742 e. The molecule has 0 fully saturated rings. The van der Waals surface area contributed by atoms with Gasteiger partial charge in [-0.1, -0.05) is 0 Å². The maximum absolute atomic E-state index is 10.0. The van der Waals surface area contributed by atoms with E-state index in [9.17, 15) is 9.59 Å². The quantitative estimate of drug-likeness (QED) is 0.441. The monoisotopic (exact) mass is 247 g/mol. The van der Waals surface area contributed by atoms with E-state index in [-0.39, 0.29) is 44.1 Å². The van der Waals surface area contributed by atoms with Gasteiger partial charge in [0.25, 0.3) is 0 Å². The van der Waals surface area contributed by atoms with E-state index < -0.39 is 0 Å². The van der Waals surface area contributed by atoms with E-state index in [1.165, 1.54) is 0 Å². The fourth-order valence-electron chi connectivity index (χ4n) is 0.209. The zero-order valence-corrected chi connectivity index (χ0v) is 8.21. The standard InChI is InChI=1S/C4H6O2S2.Mo/c5-3(7)1-2-4(6)8;/h1-2H2,(H,5,7)(H,6,8);/p-1. The molecule has 52 valence electrons. The van der Waals surface area contributed by atoms with Crippen LogP contribution in [0.2, 0.25) is 0 Å². The molecule has 0 aliphatic rings. The topological polar surface area (TPSA) is 34.1 Å². The molecule has 0 heterocycles. The van der Waals surface area contributed by atoms with Crippen molar-refractivity contribution in [2.24, 2.45) is 0 Å². The summed E-state index contributed by atoms with van der Waals surface area (Å²) in [6, 6.07) is 0. The number of rotatable bonds is 3. The molecule has 0 aromatic rings. The summed E-state index contributed by atoms with van der Waals surface area (Å²) in [5.41, 5.74) is 0. The molecule has 0 atom stereocenters. The van der Waals surface area contributed by atoms with E-state index in [0.717, 1.165) is 0 Å². The maximum atomic E-state index is 10.0. The molecule has 0 spiro atoms. The summed E-state index contributed by atoms with van der Waals surface area (Å²) < 4.78 is 0. The van der Waals surface area contributed by atoms with Crippen molar-refractivity contribution >= 4 is 35.5 Å². The molecule has 0 saturated carbocycles. The van der Waals surface area contributed by atoms with Crippen LogP contribution in [0.3, 0.4) is 0 Å². The third-order valence-electron chi connectivity index (χ3n) is 0.543. The first-order valence-corrected chi connectivity index (χ1v) is 2.90. The molecule has 0 aliphatic heterocycles. The molecule has 0 saturated heterocycles. The summed E-state index contributed by atoms with van der Waals surface area (Å²) in [6.45, 7) is 0. The molecule has 0 aliphatic carbocycles.